The van der Waals surface area contributed by atoms with E-state index >= 15 is 0 Å². The van der Waals surface area contributed by atoms with Crippen LogP contribution in [0.3, 0.4) is 0 Å². The van der Waals surface area contributed by atoms with Crippen LogP contribution in [0.1, 0.15) is 17.7 Å². The molecule has 2 aromatic rings. The van der Waals surface area contributed by atoms with E-state index in [1.54, 1.807) is 12.1 Å². The summed E-state index contributed by atoms with van der Waals surface area (Å²) in [5, 5.41) is 10.6. The summed E-state index contributed by atoms with van der Waals surface area (Å²) in [6, 6.07) is 12.7. The number of rotatable bonds is 3. The first kappa shape index (κ1) is 10.5. The van der Waals surface area contributed by atoms with Gasteiger partial charge < -0.3 is 9.52 Å². The minimum atomic E-state index is -1.24. The molecule has 0 fully saturated rings. The highest BCUT2D eigenvalue weighted by atomic mass is 16.4. The Hall–Kier alpha value is -1.98. The van der Waals surface area contributed by atoms with Gasteiger partial charge >= 0.3 is 0 Å². The highest BCUT2D eigenvalue weighted by Crippen LogP contribution is 2.32. The van der Waals surface area contributed by atoms with E-state index in [9.17, 15) is 5.11 Å². The molecule has 1 aromatic carbocycles. The van der Waals surface area contributed by atoms with Crippen molar-refractivity contribution in [2.45, 2.75) is 12.0 Å². The summed E-state index contributed by atoms with van der Waals surface area (Å²) >= 11 is 0. The number of hydrogen-bond acceptors (Lipinski definition) is 2. The fourth-order valence-corrected chi connectivity index (χ4v) is 1.71. The molecule has 0 aliphatic carbocycles. The maximum Gasteiger partial charge on any atom is 0.158 e. The van der Waals surface area contributed by atoms with Gasteiger partial charge in [0.05, 0.1) is 6.26 Å². The Labute approximate surface area is 94.5 Å². The minimum absolute atomic E-state index is 0.185. The van der Waals surface area contributed by atoms with Gasteiger partial charge in [0.2, 0.25) is 0 Å². The molecule has 2 rings (SSSR count). The quantitative estimate of drug-likeness (QED) is 0.793. The van der Waals surface area contributed by atoms with E-state index in [-0.39, 0.29) is 6.42 Å². The van der Waals surface area contributed by atoms with Gasteiger partial charge in [0.15, 0.2) is 5.60 Å². The van der Waals surface area contributed by atoms with Gasteiger partial charge in [0, 0.05) is 6.42 Å². The first-order valence-corrected chi connectivity index (χ1v) is 5.03. The topological polar surface area (TPSA) is 33.4 Å². The second kappa shape index (κ2) is 4.26. The van der Waals surface area contributed by atoms with Crippen LogP contribution in [-0.2, 0) is 5.60 Å². The van der Waals surface area contributed by atoms with Gasteiger partial charge in [0.1, 0.15) is 5.76 Å². The summed E-state index contributed by atoms with van der Waals surface area (Å²) in [7, 11) is 0. The third kappa shape index (κ3) is 1.73. The molecule has 1 aromatic heterocycles. The lowest BCUT2D eigenvalue weighted by Crippen LogP contribution is -2.26. The zero-order valence-electron chi connectivity index (χ0n) is 8.76. The molecule has 0 bridgehead atoms. The van der Waals surface area contributed by atoms with Crippen molar-refractivity contribution in [2.75, 3.05) is 0 Å². The van der Waals surface area contributed by atoms with Crippen LogP contribution in [0.5, 0.6) is 0 Å². The first-order chi connectivity index (χ1) is 7.77. The zero-order chi connectivity index (χ0) is 11.4. The number of furan rings is 1. The Bertz CT molecular complexity index is 479. The van der Waals surface area contributed by atoms with Gasteiger partial charge in [-0.15, -0.1) is 12.3 Å². The maximum atomic E-state index is 10.6. The minimum Gasteiger partial charge on any atom is -0.466 e. The lowest BCUT2D eigenvalue weighted by Gasteiger charge is -2.24. The van der Waals surface area contributed by atoms with Crippen molar-refractivity contribution >= 4 is 0 Å². The van der Waals surface area contributed by atoms with Crippen LogP contribution in [-0.4, -0.2) is 5.11 Å². The van der Waals surface area contributed by atoms with Crippen LogP contribution >= 0.6 is 0 Å². The molecule has 16 heavy (non-hydrogen) atoms. The average molecular weight is 212 g/mol. The third-order valence-corrected chi connectivity index (χ3v) is 2.54. The molecule has 2 nitrogen and oxygen atoms in total. The molecular formula is C14H12O2. The van der Waals surface area contributed by atoms with E-state index in [0.29, 0.717) is 5.76 Å². The average Bonchev–Trinajstić information content (AvgIpc) is 2.84. The summed E-state index contributed by atoms with van der Waals surface area (Å²) in [6.45, 7) is 0. The van der Waals surface area contributed by atoms with Crippen molar-refractivity contribution in [1.29, 1.82) is 0 Å². The van der Waals surface area contributed by atoms with E-state index in [4.69, 9.17) is 10.8 Å². The van der Waals surface area contributed by atoms with E-state index in [1.165, 1.54) is 6.26 Å². The molecule has 1 unspecified atom stereocenters. The zero-order valence-corrected chi connectivity index (χ0v) is 8.76. The highest BCUT2D eigenvalue weighted by Gasteiger charge is 2.33. The molecule has 2 heteroatoms. The second-order valence-electron chi connectivity index (χ2n) is 3.58. The van der Waals surface area contributed by atoms with Gasteiger partial charge in [-0.2, -0.15) is 0 Å². The van der Waals surface area contributed by atoms with Crippen LogP contribution in [0.4, 0.5) is 0 Å². The van der Waals surface area contributed by atoms with Crippen LogP contribution in [0.15, 0.2) is 53.1 Å². The normalized spacial score (nSPS) is 14.0. The molecule has 1 heterocycles. The maximum absolute atomic E-state index is 10.6. The summed E-state index contributed by atoms with van der Waals surface area (Å²) < 4.78 is 5.26. The van der Waals surface area contributed by atoms with Crippen LogP contribution in [0.25, 0.3) is 0 Å². The predicted octanol–water partition coefficient (Wildman–Crippen LogP) is 2.54. The predicted molar refractivity (Wildman–Crippen MR) is 61.6 cm³/mol. The summed E-state index contributed by atoms with van der Waals surface area (Å²) in [5.41, 5.74) is -0.498. The van der Waals surface area contributed by atoms with Gasteiger partial charge in [-0.25, -0.2) is 0 Å². The Morgan fingerprint density at radius 1 is 1.19 bits per heavy atom. The second-order valence-corrected chi connectivity index (χ2v) is 3.58. The summed E-state index contributed by atoms with van der Waals surface area (Å²) in [6.07, 6.45) is 7.02. The molecule has 0 spiro atoms. The number of hydrogen-bond donors (Lipinski definition) is 1. The molecule has 0 radical (unpaired) electrons. The monoisotopic (exact) mass is 212 g/mol. The number of aliphatic hydroxyl groups is 1. The van der Waals surface area contributed by atoms with Crippen LogP contribution in [0, 0.1) is 12.3 Å². The molecule has 0 amide bonds. The van der Waals surface area contributed by atoms with Crippen molar-refractivity contribution in [1.82, 2.24) is 0 Å². The Kier molecular flexibility index (Phi) is 2.80. The third-order valence-electron chi connectivity index (χ3n) is 2.54. The van der Waals surface area contributed by atoms with Crippen LogP contribution < -0.4 is 0 Å². The van der Waals surface area contributed by atoms with E-state index in [2.05, 4.69) is 5.92 Å². The first-order valence-electron chi connectivity index (χ1n) is 5.03. The highest BCUT2D eigenvalue weighted by molar-refractivity contribution is 5.32. The van der Waals surface area contributed by atoms with E-state index in [1.807, 2.05) is 30.3 Å². The molecule has 1 N–H and O–H groups in total. The molecule has 0 aliphatic rings. The SMILES string of the molecule is C#CCC(O)(c1ccccc1)c1ccco1. The lowest BCUT2D eigenvalue weighted by atomic mass is 9.88. The number of benzene rings is 1. The Morgan fingerprint density at radius 2 is 1.94 bits per heavy atom. The van der Waals surface area contributed by atoms with Gasteiger partial charge in [-0.05, 0) is 17.7 Å². The molecular weight excluding hydrogens is 200 g/mol. The molecule has 0 saturated heterocycles. The largest absolute Gasteiger partial charge is 0.466 e. The molecule has 1 atom stereocenters. The number of terminal acetylenes is 1. The van der Waals surface area contributed by atoms with Gasteiger partial charge in [0.25, 0.3) is 0 Å². The van der Waals surface area contributed by atoms with Crippen molar-refractivity contribution < 1.29 is 9.52 Å². The van der Waals surface area contributed by atoms with Crippen molar-refractivity contribution in [3.63, 3.8) is 0 Å². The van der Waals surface area contributed by atoms with Crippen molar-refractivity contribution in [3.8, 4) is 12.3 Å². The van der Waals surface area contributed by atoms with Crippen LogP contribution in [0.2, 0.25) is 0 Å². The van der Waals surface area contributed by atoms with Crippen molar-refractivity contribution in [2.24, 2.45) is 0 Å². The molecule has 0 saturated carbocycles. The summed E-state index contributed by atoms with van der Waals surface area (Å²) in [5.74, 6) is 2.95. The molecule has 0 aliphatic heterocycles. The standard InChI is InChI=1S/C14H12O2/c1-2-10-14(15,13-9-6-11-16-13)12-7-4-3-5-8-12/h1,3-9,11,15H,10H2. The Morgan fingerprint density at radius 3 is 2.50 bits per heavy atom. The van der Waals surface area contributed by atoms with Crippen molar-refractivity contribution in [3.05, 3.63) is 60.1 Å². The smallest absolute Gasteiger partial charge is 0.158 e. The van der Waals surface area contributed by atoms with E-state index < -0.39 is 5.60 Å². The van der Waals surface area contributed by atoms with E-state index in [0.717, 1.165) is 5.56 Å². The Balaban J connectivity index is 2.49. The fraction of sp³-hybridized carbons (Fsp3) is 0.143. The van der Waals surface area contributed by atoms with Gasteiger partial charge in [-0.1, -0.05) is 30.3 Å². The fourth-order valence-electron chi connectivity index (χ4n) is 1.71. The lowest BCUT2D eigenvalue weighted by molar-refractivity contribution is 0.0620. The summed E-state index contributed by atoms with van der Waals surface area (Å²) in [4.78, 5) is 0. The molecule has 80 valence electrons. The van der Waals surface area contributed by atoms with Gasteiger partial charge in [-0.3, -0.25) is 0 Å².